The molecule has 2 nitrogen and oxygen atoms in total. The Bertz CT molecular complexity index is 297. The molecule has 0 saturated heterocycles. The molecule has 1 aromatic rings. The summed E-state index contributed by atoms with van der Waals surface area (Å²) in [5.41, 5.74) is 0.775. The fourth-order valence-electron chi connectivity index (χ4n) is 1.42. The van der Waals surface area contributed by atoms with Gasteiger partial charge in [-0.2, -0.15) is 0 Å². The molecule has 0 radical (unpaired) electrons. The maximum atomic E-state index is 9.28. The minimum Gasteiger partial charge on any atom is -0.394 e. The number of rotatable bonds is 5. The van der Waals surface area contributed by atoms with Gasteiger partial charge in [0.2, 0.25) is 0 Å². The second-order valence-corrected chi connectivity index (χ2v) is 4.14. The van der Waals surface area contributed by atoms with Gasteiger partial charge in [0.1, 0.15) is 0 Å². The van der Waals surface area contributed by atoms with Crippen molar-refractivity contribution in [2.75, 3.05) is 13.2 Å². The van der Waals surface area contributed by atoms with Gasteiger partial charge in [0.05, 0.1) is 12.6 Å². The number of benzene rings is 1. The monoisotopic (exact) mass is 247 g/mol. The van der Waals surface area contributed by atoms with Gasteiger partial charge in [-0.25, -0.2) is 0 Å². The molecule has 0 aromatic heterocycles. The van der Waals surface area contributed by atoms with Crippen LogP contribution in [0.5, 0.6) is 0 Å². The first kappa shape index (κ1) is 12.8. The van der Waals surface area contributed by atoms with Crippen molar-refractivity contribution in [3.05, 3.63) is 33.8 Å². The van der Waals surface area contributed by atoms with E-state index in [0.717, 1.165) is 18.5 Å². The van der Waals surface area contributed by atoms with Gasteiger partial charge in [0.25, 0.3) is 0 Å². The molecule has 0 aliphatic carbocycles. The molecule has 0 bridgehead atoms. The highest BCUT2D eigenvalue weighted by atomic mass is 35.5. The van der Waals surface area contributed by atoms with Gasteiger partial charge < -0.3 is 10.4 Å². The summed E-state index contributed by atoms with van der Waals surface area (Å²) in [5.74, 6) is 0. The van der Waals surface area contributed by atoms with Crippen LogP contribution < -0.4 is 5.32 Å². The van der Waals surface area contributed by atoms with Crippen LogP contribution in [0.15, 0.2) is 18.2 Å². The molecule has 1 aromatic carbocycles. The third-order valence-electron chi connectivity index (χ3n) is 2.17. The van der Waals surface area contributed by atoms with Crippen molar-refractivity contribution >= 4 is 23.2 Å². The number of halogens is 2. The molecule has 0 aliphatic rings. The van der Waals surface area contributed by atoms with E-state index in [-0.39, 0.29) is 12.6 Å². The summed E-state index contributed by atoms with van der Waals surface area (Å²) in [6.45, 7) is 2.88. The second-order valence-electron chi connectivity index (χ2n) is 3.32. The predicted molar refractivity (Wildman–Crippen MR) is 64.6 cm³/mol. The Hall–Kier alpha value is -0.280. The van der Waals surface area contributed by atoms with Crippen LogP contribution in [-0.2, 0) is 0 Å². The smallest absolute Gasteiger partial charge is 0.0627 e. The number of aliphatic hydroxyl groups is 1. The second kappa shape index (κ2) is 6.33. The summed E-state index contributed by atoms with van der Waals surface area (Å²) in [5, 5.41) is 13.6. The van der Waals surface area contributed by atoms with Crippen molar-refractivity contribution in [3.8, 4) is 0 Å². The van der Waals surface area contributed by atoms with Crippen LogP contribution in [0, 0.1) is 0 Å². The number of hydrogen-bond donors (Lipinski definition) is 2. The van der Waals surface area contributed by atoms with Crippen molar-refractivity contribution in [3.63, 3.8) is 0 Å². The Labute approximate surface area is 100 Å². The maximum absolute atomic E-state index is 9.28. The third-order valence-corrected chi connectivity index (χ3v) is 2.83. The van der Waals surface area contributed by atoms with Crippen LogP contribution in [0.1, 0.15) is 24.9 Å². The molecule has 0 heterocycles. The van der Waals surface area contributed by atoms with Crippen LogP contribution >= 0.6 is 23.2 Å². The molecular weight excluding hydrogens is 233 g/mol. The average molecular weight is 248 g/mol. The quantitative estimate of drug-likeness (QED) is 0.839. The SMILES string of the molecule is CCCNC(CO)c1c(Cl)cccc1Cl. The van der Waals surface area contributed by atoms with Gasteiger partial charge in [-0.05, 0) is 25.1 Å². The zero-order chi connectivity index (χ0) is 11.3. The van der Waals surface area contributed by atoms with Crippen molar-refractivity contribution in [2.45, 2.75) is 19.4 Å². The van der Waals surface area contributed by atoms with Crippen molar-refractivity contribution in [1.29, 1.82) is 0 Å². The zero-order valence-electron chi connectivity index (χ0n) is 8.63. The van der Waals surface area contributed by atoms with Gasteiger partial charge >= 0.3 is 0 Å². The van der Waals surface area contributed by atoms with Gasteiger partial charge in [-0.1, -0.05) is 36.2 Å². The van der Waals surface area contributed by atoms with Crippen molar-refractivity contribution in [1.82, 2.24) is 5.32 Å². The molecule has 1 atom stereocenters. The number of aliphatic hydroxyl groups excluding tert-OH is 1. The molecule has 1 rings (SSSR count). The predicted octanol–water partition coefficient (Wildman–Crippen LogP) is 3.03. The summed E-state index contributed by atoms with van der Waals surface area (Å²) < 4.78 is 0. The maximum Gasteiger partial charge on any atom is 0.0627 e. The van der Waals surface area contributed by atoms with E-state index in [2.05, 4.69) is 12.2 Å². The van der Waals surface area contributed by atoms with Crippen LogP contribution in [0.4, 0.5) is 0 Å². The first-order chi connectivity index (χ1) is 7.20. The first-order valence-electron chi connectivity index (χ1n) is 4.98. The van der Waals surface area contributed by atoms with Crippen molar-refractivity contribution in [2.24, 2.45) is 0 Å². The fourth-order valence-corrected chi connectivity index (χ4v) is 2.08. The molecule has 0 saturated carbocycles. The molecule has 0 aliphatic heterocycles. The molecular formula is C11H15Cl2NO. The Morgan fingerprint density at radius 1 is 1.33 bits per heavy atom. The number of nitrogens with one attached hydrogen (secondary N) is 1. The molecule has 0 fully saturated rings. The lowest BCUT2D eigenvalue weighted by atomic mass is 10.1. The minimum atomic E-state index is -0.189. The van der Waals surface area contributed by atoms with E-state index in [9.17, 15) is 5.11 Å². The highest BCUT2D eigenvalue weighted by Crippen LogP contribution is 2.29. The van der Waals surface area contributed by atoms with Gasteiger partial charge in [0, 0.05) is 15.6 Å². The van der Waals surface area contributed by atoms with Crippen LogP contribution in [-0.4, -0.2) is 18.3 Å². The Morgan fingerprint density at radius 3 is 2.40 bits per heavy atom. The van der Waals surface area contributed by atoms with Gasteiger partial charge in [-0.15, -0.1) is 0 Å². The molecule has 0 spiro atoms. The molecule has 15 heavy (non-hydrogen) atoms. The summed E-state index contributed by atoms with van der Waals surface area (Å²) in [6.07, 6.45) is 0.999. The summed E-state index contributed by atoms with van der Waals surface area (Å²) in [7, 11) is 0. The first-order valence-corrected chi connectivity index (χ1v) is 5.74. The highest BCUT2D eigenvalue weighted by Gasteiger charge is 2.15. The zero-order valence-corrected chi connectivity index (χ0v) is 10.1. The Kier molecular flexibility index (Phi) is 5.40. The summed E-state index contributed by atoms with van der Waals surface area (Å²) in [6, 6.07) is 5.16. The van der Waals surface area contributed by atoms with E-state index < -0.39 is 0 Å². The lowest BCUT2D eigenvalue weighted by molar-refractivity contribution is 0.245. The Morgan fingerprint density at radius 2 is 1.93 bits per heavy atom. The minimum absolute atomic E-state index is 0.0105. The van der Waals surface area contributed by atoms with E-state index in [1.54, 1.807) is 18.2 Å². The normalized spacial score (nSPS) is 12.8. The van der Waals surface area contributed by atoms with E-state index >= 15 is 0 Å². The van der Waals surface area contributed by atoms with E-state index in [1.807, 2.05) is 0 Å². The standard InChI is InChI=1S/C11H15Cl2NO/c1-2-6-14-10(7-15)11-8(12)4-3-5-9(11)13/h3-5,10,14-15H,2,6-7H2,1H3. The summed E-state index contributed by atoms with van der Waals surface area (Å²) >= 11 is 12.1. The molecule has 1 unspecified atom stereocenters. The lowest BCUT2D eigenvalue weighted by Crippen LogP contribution is -2.25. The molecule has 4 heteroatoms. The van der Waals surface area contributed by atoms with Gasteiger partial charge in [-0.3, -0.25) is 0 Å². The van der Waals surface area contributed by atoms with Crippen LogP contribution in [0.3, 0.4) is 0 Å². The lowest BCUT2D eigenvalue weighted by Gasteiger charge is -2.18. The highest BCUT2D eigenvalue weighted by molar-refractivity contribution is 6.36. The molecule has 0 amide bonds. The Balaban J connectivity index is 2.90. The fraction of sp³-hybridized carbons (Fsp3) is 0.455. The van der Waals surface area contributed by atoms with Crippen LogP contribution in [0.25, 0.3) is 0 Å². The summed E-state index contributed by atoms with van der Waals surface area (Å²) in [4.78, 5) is 0. The van der Waals surface area contributed by atoms with Crippen LogP contribution in [0.2, 0.25) is 10.0 Å². The van der Waals surface area contributed by atoms with Gasteiger partial charge in [0.15, 0.2) is 0 Å². The average Bonchev–Trinajstić information content (AvgIpc) is 2.22. The topological polar surface area (TPSA) is 32.3 Å². The largest absolute Gasteiger partial charge is 0.394 e. The third kappa shape index (κ3) is 3.35. The molecule has 2 N–H and O–H groups in total. The van der Waals surface area contributed by atoms with E-state index in [1.165, 1.54) is 0 Å². The number of hydrogen-bond acceptors (Lipinski definition) is 2. The van der Waals surface area contributed by atoms with Crippen molar-refractivity contribution < 1.29 is 5.11 Å². The molecule has 84 valence electrons. The van der Waals surface area contributed by atoms with E-state index in [4.69, 9.17) is 23.2 Å². The van der Waals surface area contributed by atoms with E-state index in [0.29, 0.717) is 10.0 Å².